The summed E-state index contributed by atoms with van der Waals surface area (Å²) >= 11 is 0. The van der Waals surface area contributed by atoms with E-state index in [0.29, 0.717) is 12.5 Å². The highest BCUT2D eigenvalue weighted by molar-refractivity contribution is 5.70. The minimum absolute atomic E-state index is 0.0855. The predicted molar refractivity (Wildman–Crippen MR) is 70.3 cm³/mol. The Morgan fingerprint density at radius 2 is 1.79 bits per heavy atom. The minimum atomic E-state index is -0.955. The first-order chi connectivity index (χ1) is 8.88. The molecule has 2 N–H and O–H groups in total. The molecule has 1 unspecified atom stereocenters. The molecule has 19 heavy (non-hydrogen) atoms. The molecule has 0 radical (unpaired) electrons. The van der Waals surface area contributed by atoms with Crippen molar-refractivity contribution >= 4 is 12.1 Å². The van der Waals surface area contributed by atoms with Crippen molar-refractivity contribution in [3.8, 4) is 0 Å². The van der Waals surface area contributed by atoms with Crippen LogP contribution < -0.4 is 5.73 Å². The van der Waals surface area contributed by atoms with E-state index in [4.69, 9.17) is 15.2 Å². The molecular formula is C13H25NO5. The van der Waals surface area contributed by atoms with Crippen molar-refractivity contribution in [1.29, 1.82) is 0 Å². The largest absolute Gasteiger partial charge is 0.511 e. The maximum Gasteiger partial charge on any atom is 0.511 e. The summed E-state index contributed by atoms with van der Waals surface area (Å²) in [5, 5.41) is 0. The first-order valence-electron chi connectivity index (χ1n) is 6.61. The van der Waals surface area contributed by atoms with Gasteiger partial charge in [0.05, 0.1) is 6.61 Å². The van der Waals surface area contributed by atoms with E-state index in [1.807, 2.05) is 0 Å². The number of carbonyl (C=O) groups excluding carboxylic acids is 2. The van der Waals surface area contributed by atoms with Gasteiger partial charge in [0, 0.05) is 13.3 Å². The van der Waals surface area contributed by atoms with Gasteiger partial charge in [-0.25, -0.2) is 4.79 Å². The molecule has 0 saturated heterocycles. The molecule has 0 spiro atoms. The minimum Gasteiger partial charge on any atom is -0.435 e. The highest BCUT2D eigenvalue weighted by atomic mass is 16.8. The van der Waals surface area contributed by atoms with E-state index in [2.05, 4.69) is 18.6 Å². The Balaban J connectivity index is 4.04. The van der Waals surface area contributed by atoms with Crippen LogP contribution >= 0.6 is 0 Å². The maximum absolute atomic E-state index is 11.6. The molecule has 0 fully saturated rings. The summed E-state index contributed by atoms with van der Waals surface area (Å²) in [4.78, 5) is 22.6. The van der Waals surface area contributed by atoms with Crippen LogP contribution in [0.1, 0.15) is 40.5 Å². The fraction of sp³-hybridized carbons (Fsp3) is 0.846. The lowest BCUT2D eigenvalue weighted by Crippen LogP contribution is -2.26. The summed E-state index contributed by atoms with van der Waals surface area (Å²) in [5.41, 5.74) is 5.61. The monoisotopic (exact) mass is 275 g/mol. The Labute approximate surface area is 114 Å². The van der Waals surface area contributed by atoms with Crippen molar-refractivity contribution in [3.05, 3.63) is 0 Å². The van der Waals surface area contributed by atoms with Gasteiger partial charge in [0.15, 0.2) is 0 Å². The second-order valence-corrected chi connectivity index (χ2v) is 4.79. The molecule has 0 aromatic carbocycles. The Kier molecular flexibility index (Phi) is 8.95. The standard InChI is InChI=1S/C13H25NO5/c1-5-17-13(16)19-10(4)18-12(15)7-11(8-14)6-9(2)3/h9-11H,5-8,14H2,1-4H3/t10?,11-/m0/s1. The molecule has 0 saturated carbocycles. The van der Waals surface area contributed by atoms with E-state index in [-0.39, 0.29) is 18.9 Å². The van der Waals surface area contributed by atoms with Gasteiger partial charge in [-0.1, -0.05) is 13.8 Å². The van der Waals surface area contributed by atoms with Gasteiger partial charge in [-0.15, -0.1) is 0 Å². The second kappa shape index (κ2) is 9.61. The summed E-state index contributed by atoms with van der Waals surface area (Å²) in [6.07, 6.45) is -0.714. The van der Waals surface area contributed by atoms with Gasteiger partial charge in [-0.2, -0.15) is 0 Å². The predicted octanol–water partition coefficient (Wildman–Crippen LogP) is 2.06. The molecule has 0 amide bonds. The van der Waals surface area contributed by atoms with Gasteiger partial charge in [-0.3, -0.25) is 4.79 Å². The summed E-state index contributed by atoms with van der Waals surface area (Å²) < 4.78 is 14.3. The lowest BCUT2D eigenvalue weighted by Gasteiger charge is -2.18. The number of nitrogens with two attached hydrogens (primary N) is 1. The molecule has 0 aliphatic rings. The number of carbonyl (C=O) groups is 2. The third kappa shape index (κ3) is 9.30. The van der Waals surface area contributed by atoms with Crippen molar-refractivity contribution < 1.29 is 23.8 Å². The SMILES string of the molecule is CCOC(=O)OC(C)OC(=O)C[C@@H](CN)CC(C)C. The van der Waals surface area contributed by atoms with Gasteiger partial charge in [0.1, 0.15) is 0 Å². The van der Waals surface area contributed by atoms with E-state index in [1.165, 1.54) is 6.92 Å². The fourth-order valence-corrected chi connectivity index (χ4v) is 1.71. The molecule has 6 heteroatoms. The zero-order valence-electron chi connectivity index (χ0n) is 12.2. The average Bonchev–Trinajstić information content (AvgIpc) is 2.26. The molecular weight excluding hydrogens is 250 g/mol. The number of ether oxygens (including phenoxy) is 3. The van der Waals surface area contributed by atoms with Gasteiger partial charge in [0.2, 0.25) is 6.29 Å². The molecule has 0 aromatic rings. The van der Waals surface area contributed by atoms with Crippen LogP contribution in [0.4, 0.5) is 4.79 Å². The molecule has 112 valence electrons. The normalized spacial score (nSPS) is 13.8. The van der Waals surface area contributed by atoms with Crippen LogP contribution in [0.2, 0.25) is 0 Å². The van der Waals surface area contributed by atoms with Crippen LogP contribution in [-0.2, 0) is 19.0 Å². The number of esters is 1. The molecule has 0 aliphatic carbocycles. The zero-order chi connectivity index (χ0) is 14.8. The highest BCUT2D eigenvalue weighted by Crippen LogP contribution is 2.15. The fourth-order valence-electron chi connectivity index (χ4n) is 1.71. The molecule has 0 aromatic heterocycles. The van der Waals surface area contributed by atoms with Crippen LogP contribution in [0.25, 0.3) is 0 Å². The highest BCUT2D eigenvalue weighted by Gasteiger charge is 2.19. The molecule has 0 heterocycles. The third-order valence-corrected chi connectivity index (χ3v) is 2.42. The maximum atomic E-state index is 11.6. The lowest BCUT2D eigenvalue weighted by molar-refractivity contribution is -0.169. The van der Waals surface area contributed by atoms with Gasteiger partial charge < -0.3 is 19.9 Å². The van der Waals surface area contributed by atoms with Crippen molar-refractivity contribution in [2.75, 3.05) is 13.2 Å². The smallest absolute Gasteiger partial charge is 0.435 e. The first kappa shape index (κ1) is 17.7. The van der Waals surface area contributed by atoms with Crippen LogP contribution in [-0.4, -0.2) is 31.6 Å². The Hall–Kier alpha value is -1.30. The third-order valence-electron chi connectivity index (χ3n) is 2.42. The summed E-state index contributed by atoms with van der Waals surface area (Å²) in [5.74, 6) is 0.129. The Morgan fingerprint density at radius 3 is 2.26 bits per heavy atom. The number of hydrogen-bond donors (Lipinski definition) is 1. The zero-order valence-corrected chi connectivity index (χ0v) is 12.2. The number of rotatable bonds is 8. The van der Waals surface area contributed by atoms with Crippen molar-refractivity contribution in [1.82, 2.24) is 0 Å². The number of hydrogen-bond acceptors (Lipinski definition) is 6. The molecule has 0 aliphatic heterocycles. The van der Waals surface area contributed by atoms with Crippen molar-refractivity contribution in [2.24, 2.45) is 17.6 Å². The van der Waals surface area contributed by atoms with Gasteiger partial charge in [0.25, 0.3) is 0 Å². The Morgan fingerprint density at radius 1 is 1.16 bits per heavy atom. The van der Waals surface area contributed by atoms with E-state index in [1.54, 1.807) is 6.92 Å². The first-order valence-corrected chi connectivity index (χ1v) is 6.61. The Bertz CT molecular complexity index is 280. The summed E-state index contributed by atoms with van der Waals surface area (Å²) in [6, 6.07) is 0. The van der Waals surface area contributed by atoms with E-state index in [9.17, 15) is 9.59 Å². The van der Waals surface area contributed by atoms with E-state index >= 15 is 0 Å². The van der Waals surface area contributed by atoms with Gasteiger partial charge in [-0.05, 0) is 31.7 Å². The molecule has 0 rings (SSSR count). The van der Waals surface area contributed by atoms with Crippen LogP contribution in [0.15, 0.2) is 0 Å². The van der Waals surface area contributed by atoms with Gasteiger partial charge >= 0.3 is 12.1 Å². The molecule has 6 nitrogen and oxygen atoms in total. The van der Waals surface area contributed by atoms with Crippen molar-refractivity contribution in [3.63, 3.8) is 0 Å². The topological polar surface area (TPSA) is 87.9 Å². The van der Waals surface area contributed by atoms with E-state index < -0.39 is 18.4 Å². The second-order valence-electron chi connectivity index (χ2n) is 4.79. The van der Waals surface area contributed by atoms with E-state index in [0.717, 1.165) is 6.42 Å². The van der Waals surface area contributed by atoms with Crippen LogP contribution in [0, 0.1) is 11.8 Å². The van der Waals surface area contributed by atoms with Crippen LogP contribution in [0.5, 0.6) is 0 Å². The molecule has 0 bridgehead atoms. The molecule has 2 atom stereocenters. The lowest BCUT2D eigenvalue weighted by atomic mass is 9.94. The van der Waals surface area contributed by atoms with Crippen molar-refractivity contribution in [2.45, 2.75) is 46.8 Å². The quantitative estimate of drug-likeness (QED) is 0.539. The summed E-state index contributed by atoms with van der Waals surface area (Å²) in [7, 11) is 0. The van der Waals surface area contributed by atoms with Crippen LogP contribution in [0.3, 0.4) is 0 Å². The average molecular weight is 275 g/mol. The summed E-state index contributed by atoms with van der Waals surface area (Å²) in [6.45, 7) is 7.91.